The molecule has 0 aromatic heterocycles. The number of hydrogen-bond acceptors (Lipinski definition) is 1. The third kappa shape index (κ3) is 5.68. The van der Waals surface area contributed by atoms with Crippen molar-refractivity contribution in [1.29, 1.82) is 5.26 Å². The minimum atomic E-state index is -0.165. The van der Waals surface area contributed by atoms with Crippen LogP contribution < -0.4 is 0 Å². The first kappa shape index (κ1) is 20.6. The number of rotatable bonds is 8. The van der Waals surface area contributed by atoms with E-state index in [1.807, 2.05) is 18.2 Å². The van der Waals surface area contributed by atoms with Crippen molar-refractivity contribution in [2.24, 2.45) is 11.8 Å². The lowest BCUT2D eigenvalue weighted by Gasteiger charge is -2.28. The quantitative estimate of drug-likeness (QED) is 0.433. The molecule has 0 bridgehead atoms. The van der Waals surface area contributed by atoms with Gasteiger partial charge >= 0.3 is 0 Å². The van der Waals surface area contributed by atoms with Gasteiger partial charge in [0.05, 0.1) is 11.6 Å². The predicted octanol–water partition coefficient (Wildman–Crippen LogP) is 7.68. The van der Waals surface area contributed by atoms with Crippen LogP contribution in [0.3, 0.4) is 0 Å². The molecule has 0 unspecified atom stereocenters. The number of halogens is 1. The Kier molecular flexibility index (Phi) is 7.66. The summed E-state index contributed by atoms with van der Waals surface area (Å²) in [5.74, 6) is 1.59. The van der Waals surface area contributed by atoms with Gasteiger partial charge in [-0.3, -0.25) is 0 Å². The van der Waals surface area contributed by atoms with E-state index in [2.05, 4.69) is 19.1 Å². The highest BCUT2D eigenvalue weighted by Gasteiger charge is 2.20. The Bertz CT molecular complexity index is 779. The van der Waals surface area contributed by atoms with Crippen LogP contribution in [-0.4, -0.2) is 0 Å². The number of unbranched alkanes of at least 4 members (excludes halogenated alkanes) is 2. The van der Waals surface area contributed by atoms with E-state index in [0.29, 0.717) is 11.1 Å². The van der Waals surface area contributed by atoms with Gasteiger partial charge < -0.3 is 0 Å². The molecule has 0 atom stereocenters. The first-order valence-electron chi connectivity index (χ1n) is 11.0. The van der Waals surface area contributed by atoms with Gasteiger partial charge in [0.15, 0.2) is 0 Å². The van der Waals surface area contributed by atoms with Crippen LogP contribution >= 0.6 is 0 Å². The van der Waals surface area contributed by atoms with Gasteiger partial charge in [-0.1, -0.05) is 82.6 Å². The summed E-state index contributed by atoms with van der Waals surface area (Å²) in [6.45, 7) is 2.27. The monoisotopic (exact) mass is 377 g/mol. The molecule has 1 aliphatic rings. The molecule has 28 heavy (non-hydrogen) atoms. The first-order valence-corrected chi connectivity index (χ1v) is 11.0. The van der Waals surface area contributed by atoms with Crippen LogP contribution in [0.2, 0.25) is 0 Å². The minimum Gasteiger partial charge on any atom is -0.206 e. The van der Waals surface area contributed by atoms with Crippen molar-refractivity contribution in [3.05, 3.63) is 59.4 Å². The molecule has 2 aromatic carbocycles. The average Bonchev–Trinajstić information content (AvgIpc) is 2.73. The van der Waals surface area contributed by atoms with E-state index in [0.717, 1.165) is 29.4 Å². The van der Waals surface area contributed by atoms with Crippen molar-refractivity contribution in [3.63, 3.8) is 0 Å². The lowest BCUT2D eigenvalue weighted by molar-refractivity contribution is 0.249. The zero-order chi connectivity index (χ0) is 19.8. The molecule has 0 aliphatic heterocycles. The molecular weight excluding hydrogens is 345 g/mol. The summed E-state index contributed by atoms with van der Waals surface area (Å²) in [5.41, 5.74) is 3.13. The summed E-state index contributed by atoms with van der Waals surface area (Å²) in [4.78, 5) is 0. The Hall–Kier alpha value is -2.14. The van der Waals surface area contributed by atoms with Crippen molar-refractivity contribution in [1.82, 2.24) is 0 Å². The fourth-order valence-corrected chi connectivity index (χ4v) is 4.54. The van der Waals surface area contributed by atoms with Gasteiger partial charge in [-0.25, -0.2) is 4.39 Å². The second-order valence-corrected chi connectivity index (χ2v) is 8.42. The number of benzene rings is 2. The summed E-state index contributed by atoms with van der Waals surface area (Å²) in [6.07, 6.45) is 13.1. The van der Waals surface area contributed by atoms with Crippen molar-refractivity contribution in [3.8, 4) is 17.2 Å². The normalized spacial score (nSPS) is 19.3. The lowest BCUT2D eigenvalue weighted by atomic mass is 9.78. The van der Waals surface area contributed by atoms with Gasteiger partial charge in [-0.05, 0) is 54.0 Å². The fourth-order valence-electron chi connectivity index (χ4n) is 4.54. The molecule has 0 radical (unpaired) electrons. The Labute approximate surface area is 169 Å². The molecule has 1 saturated carbocycles. The zero-order valence-electron chi connectivity index (χ0n) is 17.1. The van der Waals surface area contributed by atoms with Crippen LogP contribution in [-0.2, 0) is 6.42 Å². The maximum Gasteiger partial charge on any atom is 0.131 e. The Morgan fingerprint density at radius 3 is 2.21 bits per heavy atom. The van der Waals surface area contributed by atoms with Gasteiger partial charge in [0, 0.05) is 5.56 Å². The number of nitrogens with zero attached hydrogens (tertiary/aromatic N) is 1. The van der Waals surface area contributed by atoms with Crippen molar-refractivity contribution in [2.75, 3.05) is 0 Å². The number of aryl methyl sites for hydroxylation is 1. The van der Waals surface area contributed by atoms with Crippen LogP contribution in [0.4, 0.5) is 4.39 Å². The largest absolute Gasteiger partial charge is 0.206 e. The van der Waals surface area contributed by atoms with E-state index in [-0.39, 0.29) is 5.82 Å². The maximum atomic E-state index is 14.6. The number of hydrogen-bond donors (Lipinski definition) is 0. The molecule has 2 aromatic rings. The van der Waals surface area contributed by atoms with E-state index in [1.54, 1.807) is 18.2 Å². The van der Waals surface area contributed by atoms with Gasteiger partial charge in [0.1, 0.15) is 5.82 Å². The summed E-state index contributed by atoms with van der Waals surface area (Å²) < 4.78 is 14.6. The lowest BCUT2D eigenvalue weighted by Crippen LogP contribution is -2.15. The molecule has 0 heterocycles. The van der Waals surface area contributed by atoms with Gasteiger partial charge in [0.25, 0.3) is 0 Å². The molecule has 0 saturated heterocycles. The van der Waals surface area contributed by atoms with Gasteiger partial charge in [0.2, 0.25) is 0 Å². The topological polar surface area (TPSA) is 23.8 Å². The molecule has 1 aliphatic carbocycles. The average molecular weight is 378 g/mol. The summed E-state index contributed by atoms with van der Waals surface area (Å²) >= 11 is 0. The van der Waals surface area contributed by atoms with Gasteiger partial charge in [-0.15, -0.1) is 0 Å². The molecule has 2 heteroatoms. The standard InChI is InChI=1S/C26H32FN/c1-2-3-4-5-20-6-8-21(9-7-20)10-11-22-14-17-25(26(27)18-22)24-15-12-23(19-28)13-16-24/h12-18,20-21H,2-11H2,1H3. The summed E-state index contributed by atoms with van der Waals surface area (Å²) in [7, 11) is 0. The van der Waals surface area contributed by atoms with E-state index in [9.17, 15) is 4.39 Å². The molecule has 0 N–H and O–H groups in total. The highest BCUT2D eigenvalue weighted by atomic mass is 19.1. The number of nitriles is 1. The van der Waals surface area contributed by atoms with Crippen LogP contribution in [0.5, 0.6) is 0 Å². The molecule has 0 amide bonds. The fraction of sp³-hybridized carbons (Fsp3) is 0.500. The van der Waals surface area contributed by atoms with Crippen molar-refractivity contribution >= 4 is 0 Å². The molecular formula is C26H32FN. The second-order valence-electron chi connectivity index (χ2n) is 8.42. The molecule has 3 rings (SSSR count). The highest BCUT2D eigenvalue weighted by Crippen LogP contribution is 2.34. The van der Waals surface area contributed by atoms with Crippen LogP contribution in [0.25, 0.3) is 11.1 Å². The SMILES string of the molecule is CCCCCC1CCC(CCc2ccc(-c3ccc(C#N)cc3)c(F)c2)CC1. The zero-order valence-corrected chi connectivity index (χ0v) is 17.1. The van der Waals surface area contributed by atoms with Crippen LogP contribution in [0.15, 0.2) is 42.5 Å². The molecule has 148 valence electrons. The van der Waals surface area contributed by atoms with Crippen LogP contribution in [0.1, 0.15) is 75.8 Å². The van der Waals surface area contributed by atoms with E-state index in [1.165, 1.54) is 57.8 Å². The smallest absolute Gasteiger partial charge is 0.131 e. The third-order valence-corrected chi connectivity index (χ3v) is 6.38. The summed E-state index contributed by atoms with van der Waals surface area (Å²) in [6, 6.07) is 14.9. The molecule has 1 fully saturated rings. The Morgan fingerprint density at radius 1 is 0.929 bits per heavy atom. The maximum absolute atomic E-state index is 14.6. The van der Waals surface area contributed by atoms with Crippen molar-refractivity contribution in [2.45, 2.75) is 71.1 Å². The van der Waals surface area contributed by atoms with E-state index >= 15 is 0 Å². The highest BCUT2D eigenvalue weighted by molar-refractivity contribution is 5.65. The van der Waals surface area contributed by atoms with Gasteiger partial charge in [-0.2, -0.15) is 5.26 Å². The van der Waals surface area contributed by atoms with E-state index in [4.69, 9.17) is 5.26 Å². The van der Waals surface area contributed by atoms with E-state index < -0.39 is 0 Å². The third-order valence-electron chi connectivity index (χ3n) is 6.38. The molecule has 1 nitrogen and oxygen atoms in total. The minimum absolute atomic E-state index is 0.165. The predicted molar refractivity (Wildman–Crippen MR) is 114 cm³/mol. The summed E-state index contributed by atoms with van der Waals surface area (Å²) in [5, 5.41) is 8.90. The second kappa shape index (κ2) is 10.4. The Morgan fingerprint density at radius 2 is 1.61 bits per heavy atom. The first-order chi connectivity index (χ1) is 13.7. The molecule has 0 spiro atoms. The van der Waals surface area contributed by atoms with Crippen molar-refractivity contribution < 1.29 is 4.39 Å². The Balaban J connectivity index is 1.49. The van der Waals surface area contributed by atoms with Crippen LogP contribution in [0, 0.1) is 29.0 Å².